The Labute approximate surface area is 142 Å². The van der Waals surface area contributed by atoms with Gasteiger partial charge in [0.2, 0.25) is 5.91 Å². The molecule has 0 aliphatic heterocycles. The van der Waals surface area contributed by atoms with Crippen molar-refractivity contribution in [2.24, 2.45) is 13.0 Å². The van der Waals surface area contributed by atoms with Crippen LogP contribution in [0.1, 0.15) is 30.3 Å². The van der Waals surface area contributed by atoms with Gasteiger partial charge < -0.3 is 19.9 Å². The minimum absolute atomic E-state index is 0.0283. The fourth-order valence-electron chi connectivity index (χ4n) is 2.67. The number of nitrogens with zero attached hydrogens (tertiary/aromatic N) is 2. The molecule has 1 amide bonds. The first-order valence-corrected chi connectivity index (χ1v) is 8.28. The molecule has 0 spiro atoms. The lowest BCUT2D eigenvalue weighted by Gasteiger charge is -2.19. The molecular formula is C18H24N4O2. The van der Waals surface area contributed by atoms with Crippen molar-refractivity contribution in [3.05, 3.63) is 48.0 Å². The number of benzene rings is 1. The summed E-state index contributed by atoms with van der Waals surface area (Å²) in [6, 6.07) is 7.41. The average molecular weight is 328 g/mol. The normalized spacial score (nSPS) is 15.1. The molecule has 24 heavy (non-hydrogen) atoms. The highest BCUT2D eigenvalue weighted by Gasteiger charge is 2.23. The van der Waals surface area contributed by atoms with Crippen LogP contribution in [0.2, 0.25) is 0 Å². The Bertz CT molecular complexity index is 677. The van der Waals surface area contributed by atoms with E-state index in [1.54, 1.807) is 13.3 Å². The second kappa shape index (κ2) is 7.49. The average Bonchev–Trinajstić information content (AvgIpc) is 3.32. The van der Waals surface area contributed by atoms with Crippen LogP contribution in [0.3, 0.4) is 0 Å². The van der Waals surface area contributed by atoms with Gasteiger partial charge in [-0.25, -0.2) is 4.98 Å². The number of hydrogen-bond donors (Lipinski definition) is 2. The molecule has 1 atom stereocenters. The number of methoxy groups -OCH3 is 1. The highest BCUT2D eigenvalue weighted by molar-refractivity contribution is 5.78. The molecule has 1 aromatic heterocycles. The van der Waals surface area contributed by atoms with E-state index in [0.29, 0.717) is 6.54 Å². The van der Waals surface area contributed by atoms with Crippen LogP contribution in [0, 0.1) is 5.92 Å². The molecule has 128 valence electrons. The lowest BCUT2D eigenvalue weighted by molar-refractivity contribution is -0.120. The van der Waals surface area contributed by atoms with Crippen molar-refractivity contribution in [1.82, 2.24) is 20.2 Å². The molecule has 1 aliphatic rings. The van der Waals surface area contributed by atoms with Crippen LogP contribution in [0.25, 0.3) is 0 Å². The van der Waals surface area contributed by atoms with Gasteiger partial charge in [0.05, 0.1) is 13.7 Å². The Morgan fingerprint density at radius 1 is 1.38 bits per heavy atom. The molecule has 1 aromatic carbocycles. The smallest absolute Gasteiger partial charge is 0.234 e. The topological polar surface area (TPSA) is 68.2 Å². The van der Waals surface area contributed by atoms with Crippen molar-refractivity contribution in [2.75, 3.05) is 20.2 Å². The summed E-state index contributed by atoms with van der Waals surface area (Å²) in [6.45, 7) is 1.25. The molecule has 6 nitrogen and oxygen atoms in total. The van der Waals surface area contributed by atoms with Crippen LogP contribution in [-0.4, -0.2) is 35.7 Å². The maximum Gasteiger partial charge on any atom is 0.234 e. The van der Waals surface area contributed by atoms with Crippen molar-refractivity contribution in [3.63, 3.8) is 0 Å². The first kappa shape index (κ1) is 16.5. The van der Waals surface area contributed by atoms with Gasteiger partial charge in [-0.1, -0.05) is 12.1 Å². The number of nitrogens with one attached hydrogen (secondary N) is 2. The van der Waals surface area contributed by atoms with Gasteiger partial charge in [-0.2, -0.15) is 0 Å². The van der Waals surface area contributed by atoms with Crippen LogP contribution < -0.4 is 15.4 Å². The summed E-state index contributed by atoms with van der Waals surface area (Å²) >= 11 is 0. The standard InChI is InChI=1S/C18H24N4O2/c1-22-10-9-20-18(22)17(14-5-7-15(24-2)8-6-14)21-16(23)12-19-11-13-3-4-13/h5-10,13,17,19H,3-4,11-12H2,1-2H3,(H,21,23). The molecule has 1 unspecified atom stereocenters. The van der Waals surface area contributed by atoms with Gasteiger partial charge in [0.15, 0.2) is 0 Å². The third kappa shape index (κ3) is 4.14. The molecule has 2 N–H and O–H groups in total. The lowest BCUT2D eigenvalue weighted by atomic mass is 10.1. The molecule has 6 heteroatoms. The van der Waals surface area contributed by atoms with Crippen molar-refractivity contribution in [1.29, 1.82) is 0 Å². The molecule has 0 radical (unpaired) electrons. The fraction of sp³-hybridized carbons (Fsp3) is 0.444. The molecule has 0 saturated heterocycles. The Morgan fingerprint density at radius 3 is 2.71 bits per heavy atom. The molecule has 1 aliphatic carbocycles. The van der Waals surface area contributed by atoms with Gasteiger partial charge in [-0.05, 0) is 43.0 Å². The van der Waals surface area contributed by atoms with Gasteiger partial charge in [0.25, 0.3) is 0 Å². The molecule has 1 fully saturated rings. The Balaban J connectivity index is 1.71. The zero-order valence-electron chi connectivity index (χ0n) is 14.2. The molecule has 2 aromatic rings. The maximum atomic E-state index is 12.3. The van der Waals surface area contributed by atoms with Gasteiger partial charge in [0, 0.05) is 19.4 Å². The summed E-state index contributed by atoms with van der Waals surface area (Å²) in [4.78, 5) is 16.7. The van der Waals surface area contributed by atoms with Crippen LogP contribution in [-0.2, 0) is 11.8 Å². The number of aromatic nitrogens is 2. The number of imidazole rings is 1. The van der Waals surface area contributed by atoms with Gasteiger partial charge in [0.1, 0.15) is 17.6 Å². The van der Waals surface area contributed by atoms with Crippen LogP contribution in [0.15, 0.2) is 36.7 Å². The van der Waals surface area contributed by atoms with Crippen molar-refractivity contribution in [3.8, 4) is 5.75 Å². The number of rotatable bonds is 8. The van der Waals surface area contributed by atoms with Crippen LogP contribution in [0.4, 0.5) is 0 Å². The van der Waals surface area contributed by atoms with E-state index in [1.807, 2.05) is 42.1 Å². The van der Waals surface area contributed by atoms with E-state index in [0.717, 1.165) is 29.6 Å². The van der Waals surface area contributed by atoms with Crippen LogP contribution in [0.5, 0.6) is 5.75 Å². The summed E-state index contributed by atoms with van der Waals surface area (Å²) in [5.74, 6) is 2.31. The summed E-state index contributed by atoms with van der Waals surface area (Å²) < 4.78 is 7.13. The highest BCUT2D eigenvalue weighted by atomic mass is 16.5. The first-order valence-electron chi connectivity index (χ1n) is 8.28. The molecule has 0 bridgehead atoms. The minimum atomic E-state index is -0.286. The summed E-state index contributed by atoms with van der Waals surface area (Å²) in [7, 11) is 3.56. The minimum Gasteiger partial charge on any atom is -0.497 e. The Morgan fingerprint density at radius 2 is 2.12 bits per heavy atom. The molecular weight excluding hydrogens is 304 g/mol. The largest absolute Gasteiger partial charge is 0.497 e. The molecule has 3 rings (SSSR count). The second-order valence-electron chi connectivity index (χ2n) is 6.24. The third-order valence-corrected chi connectivity index (χ3v) is 4.29. The predicted octanol–water partition coefficient (Wildman–Crippen LogP) is 1.63. The second-order valence-corrected chi connectivity index (χ2v) is 6.24. The lowest BCUT2D eigenvalue weighted by Crippen LogP contribution is -2.38. The SMILES string of the molecule is COc1ccc(C(NC(=O)CNCC2CC2)c2nccn2C)cc1. The first-order chi connectivity index (χ1) is 11.7. The number of ether oxygens (including phenoxy) is 1. The number of amides is 1. The zero-order chi connectivity index (χ0) is 16.9. The van der Waals surface area contributed by atoms with E-state index in [1.165, 1.54) is 12.8 Å². The maximum absolute atomic E-state index is 12.3. The Hall–Kier alpha value is -2.34. The van der Waals surface area contributed by atoms with Crippen molar-refractivity contribution >= 4 is 5.91 Å². The van der Waals surface area contributed by atoms with Crippen molar-refractivity contribution < 1.29 is 9.53 Å². The van der Waals surface area contributed by atoms with E-state index in [9.17, 15) is 4.79 Å². The molecule has 1 saturated carbocycles. The highest BCUT2D eigenvalue weighted by Crippen LogP contribution is 2.27. The summed E-state index contributed by atoms with van der Waals surface area (Å²) in [5.41, 5.74) is 0.973. The number of carbonyl (C=O) groups is 1. The Kier molecular flexibility index (Phi) is 5.15. The fourth-order valence-corrected chi connectivity index (χ4v) is 2.67. The quantitative estimate of drug-likeness (QED) is 0.773. The van der Waals surface area contributed by atoms with E-state index < -0.39 is 0 Å². The van der Waals surface area contributed by atoms with Crippen LogP contribution >= 0.6 is 0 Å². The number of hydrogen-bond acceptors (Lipinski definition) is 4. The zero-order valence-corrected chi connectivity index (χ0v) is 14.2. The van der Waals surface area contributed by atoms with Gasteiger partial charge >= 0.3 is 0 Å². The van der Waals surface area contributed by atoms with E-state index in [2.05, 4.69) is 15.6 Å². The summed E-state index contributed by atoms with van der Waals surface area (Å²) in [5, 5.41) is 6.31. The number of aryl methyl sites for hydroxylation is 1. The summed E-state index contributed by atoms with van der Waals surface area (Å²) in [6.07, 6.45) is 6.17. The third-order valence-electron chi connectivity index (χ3n) is 4.29. The van der Waals surface area contributed by atoms with Gasteiger partial charge in [-0.3, -0.25) is 4.79 Å². The van der Waals surface area contributed by atoms with E-state index in [-0.39, 0.29) is 11.9 Å². The molecule has 1 heterocycles. The predicted molar refractivity (Wildman–Crippen MR) is 91.8 cm³/mol. The van der Waals surface area contributed by atoms with E-state index in [4.69, 9.17) is 4.74 Å². The monoisotopic (exact) mass is 328 g/mol. The van der Waals surface area contributed by atoms with Gasteiger partial charge in [-0.15, -0.1) is 0 Å². The van der Waals surface area contributed by atoms with Crippen molar-refractivity contribution in [2.45, 2.75) is 18.9 Å². The van der Waals surface area contributed by atoms with E-state index >= 15 is 0 Å². The number of carbonyl (C=O) groups excluding carboxylic acids is 1.